The number of rotatable bonds is 2. The van der Waals surface area contributed by atoms with Crippen LogP contribution in [0.3, 0.4) is 0 Å². The van der Waals surface area contributed by atoms with Gasteiger partial charge in [0.05, 0.1) is 7.11 Å². The molecule has 1 amide bonds. The monoisotopic (exact) mass is 273 g/mol. The molecule has 0 radical (unpaired) electrons. The van der Waals surface area contributed by atoms with Gasteiger partial charge in [0, 0.05) is 18.5 Å². The van der Waals surface area contributed by atoms with Crippen LogP contribution < -0.4 is 4.74 Å². The third-order valence-corrected chi connectivity index (χ3v) is 3.52. The molecule has 0 unspecified atom stereocenters. The normalized spacial score (nSPS) is 15.2. The highest BCUT2D eigenvalue weighted by atomic mass is 16.5. The van der Waals surface area contributed by atoms with Crippen molar-refractivity contribution in [1.82, 2.24) is 4.90 Å². The summed E-state index contributed by atoms with van der Waals surface area (Å²) < 4.78 is 11.0. The molecule has 1 aromatic carbocycles. The van der Waals surface area contributed by atoms with Crippen LogP contribution in [0.5, 0.6) is 5.75 Å². The summed E-state index contributed by atoms with van der Waals surface area (Å²) >= 11 is 0. The van der Waals surface area contributed by atoms with Crippen LogP contribution in [-0.2, 0) is 0 Å². The Kier molecular flexibility index (Phi) is 3.10. The highest BCUT2D eigenvalue weighted by molar-refractivity contribution is 5.83. The van der Waals surface area contributed by atoms with Crippen molar-refractivity contribution in [1.29, 1.82) is 0 Å². The first-order valence-corrected chi connectivity index (χ1v) is 6.42. The molecule has 0 saturated heterocycles. The molecule has 1 aliphatic heterocycles. The van der Waals surface area contributed by atoms with Gasteiger partial charge in [0.2, 0.25) is 0 Å². The van der Waals surface area contributed by atoms with Gasteiger partial charge in [-0.2, -0.15) is 0 Å². The number of amides is 1. The molecule has 1 aliphatic rings. The van der Waals surface area contributed by atoms with Crippen molar-refractivity contribution in [2.24, 2.45) is 0 Å². The summed E-state index contributed by atoms with van der Waals surface area (Å²) in [6.45, 7) is 0.909. The Morgan fingerprint density at radius 1 is 1.40 bits per heavy atom. The second kappa shape index (κ2) is 4.92. The Bertz CT molecular complexity index is 686. The molecule has 20 heavy (non-hydrogen) atoms. The smallest absolute Gasteiger partial charge is 0.407 e. The van der Waals surface area contributed by atoms with Gasteiger partial charge in [-0.05, 0) is 36.3 Å². The summed E-state index contributed by atoms with van der Waals surface area (Å²) in [5.74, 6) is 1.60. The van der Waals surface area contributed by atoms with E-state index < -0.39 is 6.09 Å². The number of ether oxygens (including phenoxy) is 1. The second-order valence-electron chi connectivity index (χ2n) is 4.72. The molecule has 5 heteroatoms. The zero-order valence-corrected chi connectivity index (χ0v) is 11.1. The van der Waals surface area contributed by atoms with Crippen molar-refractivity contribution >= 4 is 22.6 Å². The highest BCUT2D eigenvalue weighted by Crippen LogP contribution is 2.30. The molecule has 0 bridgehead atoms. The molecule has 1 aromatic heterocycles. The summed E-state index contributed by atoms with van der Waals surface area (Å²) in [6, 6.07) is 7.64. The first-order chi connectivity index (χ1) is 9.67. The van der Waals surface area contributed by atoms with Gasteiger partial charge in [-0.3, -0.25) is 0 Å². The van der Waals surface area contributed by atoms with Crippen molar-refractivity contribution in [2.45, 2.75) is 6.42 Å². The van der Waals surface area contributed by atoms with E-state index in [-0.39, 0.29) is 0 Å². The maximum atomic E-state index is 10.9. The van der Waals surface area contributed by atoms with Crippen molar-refractivity contribution in [3.05, 3.63) is 36.1 Å². The Hall–Kier alpha value is -2.43. The summed E-state index contributed by atoms with van der Waals surface area (Å²) in [6.07, 6.45) is 1.70. The molecular formula is C15H15NO4. The predicted octanol–water partition coefficient (Wildman–Crippen LogP) is 3.21. The van der Waals surface area contributed by atoms with Gasteiger partial charge >= 0.3 is 6.09 Å². The van der Waals surface area contributed by atoms with E-state index in [1.54, 1.807) is 7.11 Å². The lowest BCUT2D eigenvalue weighted by atomic mass is 10.1. The van der Waals surface area contributed by atoms with Crippen LogP contribution >= 0.6 is 0 Å². The zero-order chi connectivity index (χ0) is 14.1. The lowest BCUT2D eigenvalue weighted by Crippen LogP contribution is -2.33. The SMILES string of the molecule is COc1ccc2oc(C3=CCN(C(=O)O)CC3)cc2c1. The summed E-state index contributed by atoms with van der Waals surface area (Å²) in [5, 5.41) is 9.91. The minimum Gasteiger partial charge on any atom is -0.497 e. The summed E-state index contributed by atoms with van der Waals surface area (Å²) in [4.78, 5) is 12.3. The minimum atomic E-state index is -0.880. The Morgan fingerprint density at radius 3 is 2.90 bits per heavy atom. The van der Waals surface area contributed by atoms with Crippen LogP contribution in [0.15, 0.2) is 34.8 Å². The van der Waals surface area contributed by atoms with Crippen molar-refractivity contribution in [3.63, 3.8) is 0 Å². The first kappa shape index (κ1) is 12.6. The number of benzene rings is 1. The number of hydrogen-bond acceptors (Lipinski definition) is 3. The van der Waals surface area contributed by atoms with Crippen LogP contribution in [-0.4, -0.2) is 36.3 Å². The Balaban J connectivity index is 1.89. The van der Waals surface area contributed by atoms with E-state index in [0.29, 0.717) is 19.5 Å². The van der Waals surface area contributed by atoms with Crippen LogP contribution in [0.4, 0.5) is 4.79 Å². The third kappa shape index (κ3) is 2.22. The quantitative estimate of drug-likeness (QED) is 0.912. The number of fused-ring (bicyclic) bond motifs is 1. The lowest BCUT2D eigenvalue weighted by molar-refractivity contribution is 0.150. The number of carbonyl (C=O) groups is 1. The molecule has 0 fully saturated rings. The molecule has 0 spiro atoms. The van der Waals surface area contributed by atoms with Gasteiger partial charge in [0.25, 0.3) is 0 Å². The van der Waals surface area contributed by atoms with Crippen LogP contribution in [0.25, 0.3) is 16.5 Å². The highest BCUT2D eigenvalue weighted by Gasteiger charge is 2.18. The van der Waals surface area contributed by atoms with Gasteiger partial charge in [-0.1, -0.05) is 6.08 Å². The van der Waals surface area contributed by atoms with Crippen molar-refractivity contribution in [2.75, 3.05) is 20.2 Å². The van der Waals surface area contributed by atoms with Crippen molar-refractivity contribution in [3.8, 4) is 5.75 Å². The standard InChI is InChI=1S/C15H15NO4/c1-19-12-2-3-13-11(8-12)9-14(20-13)10-4-6-16(7-5-10)15(17)18/h2-4,8-9H,5-7H2,1H3,(H,17,18). The van der Waals surface area contributed by atoms with Gasteiger partial charge in [-0.15, -0.1) is 0 Å². The van der Waals surface area contributed by atoms with Crippen LogP contribution in [0.1, 0.15) is 12.2 Å². The van der Waals surface area contributed by atoms with Crippen LogP contribution in [0.2, 0.25) is 0 Å². The second-order valence-corrected chi connectivity index (χ2v) is 4.72. The Labute approximate surface area is 116 Å². The fourth-order valence-electron chi connectivity index (χ4n) is 2.37. The fraction of sp³-hybridized carbons (Fsp3) is 0.267. The molecule has 2 heterocycles. The third-order valence-electron chi connectivity index (χ3n) is 3.52. The molecule has 104 valence electrons. The van der Waals surface area contributed by atoms with E-state index in [1.807, 2.05) is 30.3 Å². The summed E-state index contributed by atoms with van der Waals surface area (Å²) in [7, 11) is 1.63. The molecular weight excluding hydrogens is 258 g/mol. The number of nitrogens with zero attached hydrogens (tertiary/aromatic N) is 1. The number of methoxy groups -OCH3 is 1. The minimum absolute atomic E-state index is 0.408. The average molecular weight is 273 g/mol. The molecule has 0 saturated carbocycles. The first-order valence-electron chi connectivity index (χ1n) is 6.42. The average Bonchev–Trinajstić information content (AvgIpc) is 2.90. The largest absolute Gasteiger partial charge is 0.497 e. The maximum Gasteiger partial charge on any atom is 0.407 e. The van der Waals surface area contributed by atoms with E-state index in [9.17, 15) is 4.79 Å². The van der Waals surface area contributed by atoms with E-state index in [1.165, 1.54) is 4.90 Å². The van der Waals surface area contributed by atoms with Gasteiger partial charge in [0.1, 0.15) is 17.1 Å². The van der Waals surface area contributed by atoms with E-state index in [0.717, 1.165) is 28.1 Å². The van der Waals surface area contributed by atoms with E-state index in [2.05, 4.69) is 0 Å². The maximum absolute atomic E-state index is 10.9. The molecule has 0 aliphatic carbocycles. The predicted molar refractivity (Wildman–Crippen MR) is 75.0 cm³/mol. The summed E-state index contributed by atoms with van der Waals surface area (Å²) in [5.41, 5.74) is 1.86. The van der Waals surface area contributed by atoms with Gasteiger partial charge in [-0.25, -0.2) is 4.79 Å². The number of carboxylic acid groups (broad SMARTS) is 1. The lowest BCUT2D eigenvalue weighted by Gasteiger charge is -2.22. The number of furan rings is 1. The van der Waals surface area contributed by atoms with E-state index in [4.69, 9.17) is 14.3 Å². The fourth-order valence-corrected chi connectivity index (χ4v) is 2.37. The number of hydrogen-bond donors (Lipinski definition) is 1. The Morgan fingerprint density at radius 2 is 2.25 bits per heavy atom. The van der Waals surface area contributed by atoms with E-state index >= 15 is 0 Å². The molecule has 3 rings (SSSR count). The molecule has 5 nitrogen and oxygen atoms in total. The molecule has 1 N–H and O–H groups in total. The zero-order valence-electron chi connectivity index (χ0n) is 11.1. The van der Waals surface area contributed by atoms with Crippen LogP contribution in [0, 0.1) is 0 Å². The molecule has 2 aromatic rings. The van der Waals surface area contributed by atoms with Gasteiger partial charge in [0.15, 0.2) is 0 Å². The van der Waals surface area contributed by atoms with Gasteiger partial charge < -0.3 is 19.2 Å². The topological polar surface area (TPSA) is 62.9 Å². The van der Waals surface area contributed by atoms with Crippen molar-refractivity contribution < 1.29 is 19.1 Å². The molecule has 0 atom stereocenters.